The predicted molar refractivity (Wildman–Crippen MR) is 119 cm³/mol. The molecule has 2 aromatic rings. The highest BCUT2D eigenvalue weighted by Crippen LogP contribution is 2.25. The number of rotatable bonds is 5. The topological polar surface area (TPSA) is 80.8 Å². The average molecular weight is 442 g/mol. The molecule has 0 saturated carbocycles. The third-order valence-corrected chi connectivity index (χ3v) is 4.74. The Morgan fingerprint density at radius 2 is 1.97 bits per heavy atom. The first-order valence-electron chi connectivity index (χ1n) is 10.5. The molecule has 7 nitrogen and oxygen atoms in total. The lowest BCUT2D eigenvalue weighted by atomic mass is 10.1. The minimum Gasteiger partial charge on any atom is -0.453 e. The Kier molecular flexibility index (Phi) is 7.45. The number of hydrogen-bond donors (Lipinski definition) is 1. The largest absolute Gasteiger partial charge is 0.453 e. The monoisotopic (exact) mass is 441 g/mol. The van der Waals surface area contributed by atoms with Gasteiger partial charge in [-0.25, -0.2) is 9.18 Å². The SMILES string of the molecule is CC(C)(C)OC(=O)N1CCC(NC(=O)/C=C/c2ccc(Oc3cccnc3)c(F)c2)CC1. The van der Waals surface area contributed by atoms with Crippen LogP contribution < -0.4 is 10.1 Å². The molecule has 0 unspecified atom stereocenters. The molecule has 1 fully saturated rings. The summed E-state index contributed by atoms with van der Waals surface area (Å²) < 4.78 is 25.2. The summed E-state index contributed by atoms with van der Waals surface area (Å²) in [7, 11) is 0. The first-order chi connectivity index (χ1) is 15.2. The number of halogens is 1. The normalized spacial score (nSPS) is 14.9. The first kappa shape index (κ1) is 23.2. The van der Waals surface area contributed by atoms with Crippen molar-refractivity contribution >= 4 is 18.1 Å². The maximum atomic E-state index is 14.3. The van der Waals surface area contributed by atoms with E-state index >= 15 is 0 Å². The standard InChI is InChI=1S/C24H28FN3O4/c1-24(2,3)32-23(30)28-13-10-18(11-14-28)27-22(29)9-7-17-6-8-21(20(25)15-17)31-19-5-4-12-26-16-19/h4-9,12,15-16,18H,10-11,13-14H2,1-3H3,(H,27,29)/b9-7+. The van der Waals surface area contributed by atoms with Crippen molar-refractivity contribution in [3.63, 3.8) is 0 Å². The zero-order valence-electron chi connectivity index (χ0n) is 18.5. The van der Waals surface area contributed by atoms with E-state index in [0.29, 0.717) is 37.2 Å². The van der Waals surface area contributed by atoms with Gasteiger partial charge < -0.3 is 19.7 Å². The first-order valence-corrected chi connectivity index (χ1v) is 10.5. The van der Waals surface area contributed by atoms with Crippen molar-refractivity contribution < 1.29 is 23.5 Å². The van der Waals surface area contributed by atoms with Gasteiger partial charge in [-0.1, -0.05) is 6.07 Å². The highest BCUT2D eigenvalue weighted by Gasteiger charge is 2.27. The second-order valence-corrected chi connectivity index (χ2v) is 8.56. The molecule has 2 amide bonds. The lowest BCUT2D eigenvalue weighted by Crippen LogP contribution is -2.47. The van der Waals surface area contributed by atoms with E-state index in [-0.39, 0.29) is 23.8 Å². The molecule has 1 N–H and O–H groups in total. The number of likely N-dealkylation sites (tertiary alicyclic amines) is 1. The number of amides is 2. The van der Waals surface area contributed by atoms with Gasteiger partial charge in [-0.3, -0.25) is 9.78 Å². The molecule has 0 aliphatic carbocycles. The quantitative estimate of drug-likeness (QED) is 0.689. The molecule has 1 aliphatic heterocycles. The third kappa shape index (κ3) is 7.08. The Morgan fingerprint density at radius 1 is 1.22 bits per heavy atom. The van der Waals surface area contributed by atoms with E-state index in [1.807, 2.05) is 20.8 Å². The fourth-order valence-electron chi connectivity index (χ4n) is 3.19. The van der Waals surface area contributed by atoms with Crippen LogP contribution in [0, 0.1) is 5.82 Å². The molecule has 1 saturated heterocycles. The van der Waals surface area contributed by atoms with Gasteiger partial charge in [-0.05, 0) is 69.5 Å². The highest BCUT2D eigenvalue weighted by molar-refractivity contribution is 5.91. The summed E-state index contributed by atoms with van der Waals surface area (Å²) >= 11 is 0. The minimum atomic E-state index is -0.536. The molecule has 170 valence electrons. The van der Waals surface area contributed by atoms with E-state index in [1.54, 1.807) is 35.4 Å². The van der Waals surface area contributed by atoms with Gasteiger partial charge in [0.2, 0.25) is 5.91 Å². The predicted octanol–water partition coefficient (Wildman–Crippen LogP) is 4.54. The molecule has 0 atom stereocenters. The Bertz CT molecular complexity index is 965. The summed E-state index contributed by atoms with van der Waals surface area (Å²) in [4.78, 5) is 29.9. The van der Waals surface area contributed by atoms with Gasteiger partial charge in [0, 0.05) is 31.4 Å². The Balaban J connectivity index is 1.47. The van der Waals surface area contributed by atoms with E-state index in [9.17, 15) is 14.0 Å². The number of hydrogen-bond acceptors (Lipinski definition) is 5. The van der Waals surface area contributed by atoms with Crippen molar-refractivity contribution in [2.24, 2.45) is 0 Å². The molecule has 0 spiro atoms. The Hall–Kier alpha value is -3.42. The molecule has 2 heterocycles. The maximum absolute atomic E-state index is 14.3. The number of carbonyl (C=O) groups excluding carboxylic acids is 2. The van der Waals surface area contributed by atoms with Gasteiger partial charge in [-0.2, -0.15) is 0 Å². The van der Waals surface area contributed by atoms with Crippen molar-refractivity contribution in [1.29, 1.82) is 0 Å². The number of nitrogens with one attached hydrogen (secondary N) is 1. The smallest absolute Gasteiger partial charge is 0.410 e. The van der Waals surface area contributed by atoms with Crippen LogP contribution in [0.5, 0.6) is 11.5 Å². The summed E-state index contributed by atoms with van der Waals surface area (Å²) in [5.74, 6) is -0.286. The van der Waals surface area contributed by atoms with E-state index in [4.69, 9.17) is 9.47 Å². The Morgan fingerprint density at radius 3 is 2.59 bits per heavy atom. The molecular formula is C24H28FN3O4. The number of piperidine rings is 1. The van der Waals surface area contributed by atoms with Crippen LogP contribution in [-0.2, 0) is 9.53 Å². The molecule has 1 aromatic heterocycles. The van der Waals surface area contributed by atoms with Crippen molar-refractivity contribution in [2.75, 3.05) is 13.1 Å². The van der Waals surface area contributed by atoms with E-state index in [1.165, 1.54) is 24.4 Å². The summed E-state index contributed by atoms with van der Waals surface area (Å²) in [6, 6.07) is 7.82. The van der Waals surface area contributed by atoms with Crippen LogP contribution in [0.3, 0.4) is 0 Å². The molecule has 1 aromatic carbocycles. The van der Waals surface area contributed by atoms with Crippen LogP contribution in [0.4, 0.5) is 9.18 Å². The second kappa shape index (κ2) is 10.3. The van der Waals surface area contributed by atoms with Crippen molar-refractivity contribution in [2.45, 2.75) is 45.3 Å². The fourth-order valence-corrected chi connectivity index (χ4v) is 3.19. The second-order valence-electron chi connectivity index (χ2n) is 8.56. The number of benzene rings is 1. The zero-order chi connectivity index (χ0) is 23.1. The summed E-state index contributed by atoms with van der Waals surface area (Å²) in [6.45, 7) is 6.53. The van der Waals surface area contributed by atoms with E-state index in [0.717, 1.165) is 0 Å². The van der Waals surface area contributed by atoms with E-state index < -0.39 is 11.4 Å². The van der Waals surface area contributed by atoms with Crippen LogP contribution in [0.15, 0.2) is 48.8 Å². The van der Waals surface area contributed by atoms with Gasteiger partial charge in [0.25, 0.3) is 0 Å². The number of carbonyl (C=O) groups is 2. The molecule has 0 bridgehead atoms. The van der Waals surface area contributed by atoms with Gasteiger partial charge in [0.05, 0.1) is 6.20 Å². The summed E-state index contributed by atoms with van der Waals surface area (Å²) in [5.41, 5.74) is 0.00566. The minimum absolute atomic E-state index is 0.0298. The maximum Gasteiger partial charge on any atom is 0.410 e. The van der Waals surface area contributed by atoms with Gasteiger partial charge in [0.1, 0.15) is 11.4 Å². The molecule has 8 heteroatoms. The number of aromatic nitrogens is 1. The molecule has 0 radical (unpaired) electrons. The number of nitrogens with zero attached hydrogens (tertiary/aromatic N) is 2. The van der Waals surface area contributed by atoms with Crippen LogP contribution in [0.1, 0.15) is 39.2 Å². The zero-order valence-corrected chi connectivity index (χ0v) is 18.5. The van der Waals surface area contributed by atoms with Crippen LogP contribution in [0.25, 0.3) is 6.08 Å². The van der Waals surface area contributed by atoms with Crippen LogP contribution in [-0.4, -0.2) is 46.6 Å². The average Bonchev–Trinajstić information content (AvgIpc) is 2.74. The summed E-state index contributed by atoms with van der Waals surface area (Å²) in [6.07, 6.45) is 6.97. The van der Waals surface area contributed by atoms with Crippen molar-refractivity contribution in [3.05, 3.63) is 60.2 Å². The molecule has 32 heavy (non-hydrogen) atoms. The van der Waals surface area contributed by atoms with Crippen molar-refractivity contribution in [1.82, 2.24) is 15.2 Å². The molecule has 3 rings (SSSR count). The fraction of sp³-hybridized carbons (Fsp3) is 0.375. The van der Waals surface area contributed by atoms with E-state index in [2.05, 4.69) is 10.3 Å². The lowest BCUT2D eigenvalue weighted by Gasteiger charge is -2.33. The van der Waals surface area contributed by atoms with Crippen molar-refractivity contribution in [3.8, 4) is 11.5 Å². The third-order valence-electron chi connectivity index (χ3n) is 4.74. The summed E-state index contributed by atoms with van der Waals surface area (Å²) in [5, 5.41) is 2.93. The van der Waals surface area contributed by atoms with Gasteiger partial charge in [-0.15, -0.1) is 0 Å². The van der Waals surface area contributed by atoms with Crippen LogP contribution >= 0.6 is 0 Å². The Labute approximate surface area is 187 Å². The number of pyridine rings is 1. The van der Waals surface area contributed by atoms with Crippen LogP contribution in [0.2, 0.25) is 0 Å². The lowest BCUT2D eigenvalue weighted by molar-refractivity contribution is -0.117. The molecule has 1 aliphatic rings. The molecular weight excluding hydrogens is 413 g/mol. The van der Waals surface area contributed by atoms with Gasteiger partial charge >= 0.3 is 6.09 Å². The van der Waals surface area contributed by atoms with Gasteiger partial charge in [0.15, 0.2) is 11.6 Å². The highest BCUT2D eigenvalue weighted by atomic mass is 19.1. The number of ether oxygens (including phenoxy) is 2.